The van der Waals surface area contributed by atoms with E-state index in [0.717, 1.165) is 15.7 Å². The third-order valence-electron chi connectivity index (χ3n) is 3.12. The lowest BCUT2D eigenvalue weighted by Gasteiger charge is -2.29. The number of carbonyl (C=O) groups excluding carboxylic acids is 1. The van der Waals surface area contributed by atoms with E-state index in [2.05, 4.69) is 21.2 Å². The number of benzene rings is 1. The average Bonchev–Trinajstić information content (AvgIpc) is 2.37. The van der Waals surface area contributed by atoms with Gasteiger partial charge >= 0.3 is 0 Å². The Balaban J connectivity index is 1.99. The maximum atomic E-state index is 12.3. The molecular weight excluding hydrogens is 308 g/mol. The van der Waals surface area contributed by atoms with Crippen molar-refractivity contribution in [3.8, 4) is 0 Å². The second kappa shape index (κ2) is 6.39. The van der Waals surface area contributed by atoms with Crippen LogP contribution in [0.3, 0.4) is 0 Å². The first-order valence-corrected chi connectivity index (χ1v) is 7.26. The van der Waals surface area contributed by atoms with Crippen molar-refractivity contribution in [1.82, 2.24) is 4.90 Å². The predicted molar refractivity (Wildman–Crippen MR) is 79.4 cm³/mol. The molecular formula is C14H19BrN2O2. The van der Waals surface area contributed by atoms with Crippen LogP contribution >= 0.6 is 15.9 Å². The summed E-state index contributed by atoms with van der Waals surface area (Å²) in [6, 6.07) is 5.83. The molecule has 1 fully saturated rings. The maximum Gasteiger partial charge on any atom is 0.244 e. The SMILES string of the molecule is Cc1cc(Br)cc(NC(C)C(=O)N2CCOCC2)c1. The third-order valence-corrected chi connectivity index (χ3v) is 3.58. The Kier molecular flexibility index (Phi) is 4.82. The number of carbonyl (C=O) groups is 1. The third kappa shape index (κ3) is 3.94. The summed E-state index contributed by atoms with van der Waals surface area (Å²) >= 11 is 3.46. The van der Waals surface area contributed by atoms with Gasteiger partial charge in [-0.05, 0) is 37.6 Å². The number of rotatable bonds is 3. The minimum absolute atomic E-state index is 0.126. The Morgan fingerprint density at radius 2 is 2.05 bits per heavy atom. The van der Waals surface area contributed by atoms with Crippen LogP contribution < -0.4 is 5.32 Å². The zero-order valence-electron chi connectivity index (χ0n) is 11.3. The van der Waals surface area contributed by atoms with Crippen molar-refractivity contribution >= 4 is 27.5 Å². The number of hydrogen-bond donors (Lipinski definition) is 1. The molecule has 1 aromatic rings. The Labute approximate surface area is 122 Å². The first-order valence-electron chi connectivity index (χ1n) is 6.46. The Hall–Kier alpha value is -1.07. The zero-order chi connectivity index (χ0) is 13.8. The summed E-state index contributed by atoms with van der Waals surface area (Å²) in [6.45, 7) is 6.56. The lowest BCUT2D eigenvalue weighted by molar-refractivity contribution is -0.135. The quantitative estimate of drug-likeness (QED) is 0.927. The zero-order valence-corrected chi connectivity index (χ0v) is 12.9. The number of nitrogens with one attached hydrogen (secondary N) is 1. The molecule has 1 aromatic carbocycles. The fourth-order valence-electron chi connectivity index (χ4n) is 2.19. The van der Waals surface area contributed by atoms with Gasteiger partial charge in [0.2, 0.25) is 5.91 Å². The van der Waals surface area contributed by atoms with Gasteiger partial charge in [0.05, 0.1) is 13.2 Å². The van der Waals surface area contributed by atoms with E-state index in [1.807, 2.05) is 36.9 Å². The highest BCUT2D eigenvalue weighted by Crippen LogP contribution is 2.20. The Morgan fingerprint density at radius 3 is 2.68 bits per heavy atom. The standard InChI is InChI=1S/C14H19BrN2O2/c1-10-7-12(15)9-13(8-10)16-11(2)14(18)17-3-5-19-6-4-17/h7-9,11,16H,3-6H2,1-2H3. The van der Waals surface area contributed by atoms with E-state index in [0.29, 0.717) is 26.3 Å². The molecule has 0 radical (unpaired) electrons. The van der Waals surface area contributed by atoms with Crippen molar-refractivity contribution in [2.24, 2.45) is 0 Å². The molecule has 1 unspecified atom stereocenters. The normalized spacial score (nSPS) is 17.1. The lowest BCUT2D eigenvalue weighted by atomic mass is 10.2. The second-order valence-corrected chi connectivity index (χ2v) is 5.74. The van der Waals surface area contributed by atoms with Gasteiger partial charge in [-0.15, -0.1) is 0 Å². The Bertz CT molecular complexity index is 439. The fourth-order valence-corrected chi connectivity index (χ4v) is 2.80. The molecule has 0 bridgehead atoms. The molecule has 1 saturated heterocycles. The molecule has 0 saturated carbocycles. The van der Waals surface area contributed by atoms with Crippen LogP contribution in [-0.4, -0.2) is 43.2 Å². The highest BCUT2D eigenvalue weighted by molar-refractivity contribution is 9.10. The Morgan fingerprint density at radius 1 is 1.37 bits per heavy atom. The number of ether oxygens (including phenoxy) is 1. The van der Waals surface area contributed by atoms with Crippen LogP contribution in [0, 0.1) is 6.92 Å². The molecule has 0 aromatic heterocycles. The summed E-state index contributed by atoms with van der Waals surface area (Å²) in [5.74, 6) is 0.126. The molecule has 104 valence electrons. The smallest absolute Gasteiger partial charge is 0.244 e. The molecule has 1 N–H and O–H groups in total. The summed E-state index contributed by atoms with van der Waals surface area (Å²) in [5, 5.41) is 3.26. The molecule has 1 heterocycles. The molecule has 1 atom stereocenters. The molecule has 2 rings (SSSR count). The maximum absolute atomic E-state index is 12.3. The van der Waals surface area contributed by atoms with Crippen LogP contribution in [0.1, 0.15) is 12.5 Å². The van der Waals surface area contributed by atoms with Gasteiger partial charge < -0.3 is 15.0 Å². The van der Waals surface area contributed by atoms with Crippen LogP contribution in [-0.2, 0) is 9.53 Å². The van der Waals surface area contributed by atoms with E-state index in [1.165, 1.54) is 0 Å². The predicted octanol–water partition coefficient (Wildman–Crippen LogP) is 2.42. The highest BCUT2D eigenvalue weighted by Gasteiger charge is 2.22. The summed E-state index contributed by atoms with van der Waals surface area (Å²) in [5.41, 5.74) is 2.11. The molecule has 5 heteroatoms. The number of hydrogen-bond acceptors (Lipinski definition) is 3. The molecule has 1 amide bonds. The average molecular weight is 327 g/mol. The first-order chi connectivity index (χ1) is 9.06. The van der Waals surface area contributed by atoms with Crippen LogP contribution in [0.15, 0.2) is 22.7 Å². The lowest BCUT2D eigenvalue weighted by Crippen LogP contribution is -2.47. The summed E-state index contributed by atoms with van der Waals surface area (Å²) in [6.07, 6.45) is 0. The van der Waals surface area contributed by atoms with Crippen molar-refractivity contribution in [2.45, 2.75) is 19.9 Å². The van der Waals surface area contributed by atoms with Gasteiger partial charge in [-0.3, -0.25) is 4.79 Å². The van der Waals surface area contributed by atoms with E-state index in [1.54, 1.807) is 0 Å². The minimum Gasteiger partial charge on any atom is -0.378 e. The molecule has 0 aliphatic carbocycles. The van der Waals surface area contributed by atoms with Crippen molar-refractivity contribution in [3.63, 3.8) is 0 Å². The number of anilines is 1. The van der Waals surface area contributed by atoms with Gasteiger partial charge in [0.15, 0.2) is 0 Å². The number of aryl methyl sites for hydroxylation is 1. The van der Waals surface area contributed by atoms with Crippen molar-refractivity contribution in [1.29, 1.82) is 0 Å². The van der Waals surface area contributed by atoms with Crippen LogP contribution in [0.25, 0.3) is 0 Å². The van der Waals surface area contributed by atoms with Crippen LogP contribution in [0.2, 0.25) is 0 Å². The molecule has 4 nitrogen and oxygen atoms in total. The highest BCUT2D eigenvalue weighted by atomic mass is 79.9. The number of amides is 1. The fraction of sp³-hybridized carbons (Fsp3) is 0.500. The topological polar surface area (TPSA) is 41.6 Å². The largest absolute Gasteiger partial charge is 0.378 e. The summed E-state index contributed by atoms with van der Waals surface area (Å²) in [7, 11) is 0. The van der Waals surface area contributed by atoms with E-state index in [4.69, 9.17) is 4.74 Å². The van der Waals surface area contributed by atoms with Gasteiger partial charge in [-0.25, -0.2) is 0 Å². The molecule has 1 aliphatic heterocycles. The monoisotopic (exact) mass is 326 g/mol. The van der Waals surface area contributed by atoms with E-state index >= 15 is 0 Å². The molecule has 1 aliphatic rings. The first kappa shape index (κ1) is 14.3. The van der Waals surface area contributed by atoms with Gasteiger partial charge in [-0.1, -0.05) is 15.9 Å². The number of morpholine rings is 1. The van der Waals surface area contributed by atoms with Crippen LogP contribution in [0.5, 0.6) is 0 Å². The van der Waals surface area contributed by atoms with Gasteiger partial charge in [-0.2, -0.15) is 0 Å². The van der Waals surface area contributed by atoms with E-state index < -0.39 is 0 Å². The van der Waals surface area contributed by atoms with E-state index in [-0.39, 0.29) is 11.9 Å². The molecule has 0 spiro atoms. The second-order valence-electron chi connectivity index (χ2n) is 4.82. The number of halogens is 1. The minimum atomic E-state index is -0.230. The van der Waals surface area contributed by atoms with Gasteiger partial charge in [0, 0.05) is 23.2 Å². The molecule has 19 heavy (non-hydrogen) atoms. The van der Waals surface area contributed by atoms with Crippen molar-refractivity contribution in [3.05, 3.63) is 28.2 Å². The van der Waals surface area contributed by atoms with Crippen molar-refractivity contribution < 1.29 is 9.53 Å². The van der Waals surface area contributed by atoms with Gasteiger partial charge in [0.25, 0.3) is 0 Å². The van der Waals surface area contributed by atoms with E-state index in [9.17, 15) is 4.79 Å². The summed E-state index contributed by atoms with van der Waals surface area (Å²) < 4.78 is 6.27. The number of nitrogens with zero attached hydrogens (tertiary/aromatic N) is 1. The van der Waals surface area contributed by atoms with Crippen LogP contribution in [0.4, 0.5) is 5.69 Å². The van der Waals surface area contributed by atoms with Crippen molar-refractivity contribution in [2.75, 3.05) is 31.6 Å². The summed E-state index contributed by atoms with van der Waals surface area (Å²) in [4.78, 5) is 14.1. The van der Waals surface area contributed by atoms with Gasteiger partial charge in [0.1, 0.15) is 6.04 Å².